The molecule has 3 rings (SSSR count). The lowest BCUT2D eigenvalue weighted by Gasteiger charge is -2.15. The Morgan fingerprint density at radius 2 is 1.65 bits per heavy atom. The number of anilines is 1. The maximum atomic E-state index is 13.9. The Balaban J connectivity index is 2.04. The SMILES string of the molecule is COc1ccc(C2=C(O)C(=O)N(c3ccccc3F)C2=O)cc1. The molecule has 1 N–H and O–H groups in total. The molecule has 2 aromatic rings. The van der Waals surface area contributed by atoms with Gasteiger partial charge in [0.1, 0.15) is 11.6 Å². The van der Waals surface area contributed by atoms with E-state index in [9.17, 15) is 19.1 Å². The van der Waals surface area contributed by atoms with Gasteiger partial charge >= 0.3 is 5.91 Å². The van der Waals surface area contributed by atoms with Crippen LogP contribution in [0, 0.1) is 5.82 Å². The number of para-hydroxylation sites is 1. The number of hydrogen-bond donors (Lipinski definition) is 1. The second-order valence-electron chi connectivity index (χ2n) is 4.85. The van der Waals surface area contributed by atoms with E-state index < -0.39 is 23.4 Å². The van der Waals surface area contributed by atoms with Crippen LogP contribution in [0.5, 0.6) is 5.75 Å². The van der Waals surface area contributed by atoms with Crippen LogP contribution in [0.3, 0.4) is 0 Å². The lowest BCUT2D eigenvalue weighted by molar-refractivity contribution is -0.121. The highest BCUT2D eigenvalue weighted by Gasteiger charge is 2.41. The zero-order chi connectivity index (χ0) is 16.6. The van der Waals surface area contributed by atoms with E-state index in [1.807, 2.05) is 0 Å². The molecule has 0 atom stereocenters. The van der Waals surface area contributed by atoms with Crippen LogP contribution in [-0.4, -0.2) is 24.0 Å². The molecule has 0 fully saturated rings. The number of nitrogens with zero attached hydrogens (tertiary/aromatic N) is 1. The molecule has 0 spiro atoms. The number of halogens is 1. The van der Waals surface area contributed by atoms with Crippen molar-refractivity contribution in [3.8, 4) is 5.75 Å². The lowest BCUT2D eigenvalue weighted by Crippen LogP contribution is -2.32. The number of carbonyl (C=O) groups excluding carboxylic acids is 2. The topological polar surface area (TPSA) is 66.8 Å². The Labute approximate surface area is 131 Å². The third-order valence-electron chi connectivity index (χ3n) is 3.53. The highest BCUT2D eigenvalue weighted by molar-refractivity contribution is 6.44. The Kier molecular flexibility index (Phi) is 3.57. The van der Waals surface area contributed by atoms with Crippen LogP contribution in [0.2, 0.25) is 0 Å². The molecule has 2 aromatic carbocycles. The number of ether oxygens (including phenoxy) is 1. The number of benzene rings is 2. The molecule has 0 unspecified atom stereocenters. The van der Waals surface area contributed by atoms with Crippen molar-refractivity contribution in [1.29, 1.82) is 0 Å². The first-order valence-electron chi connectivity index (χ1n) is 6.75. The summed E-state index contributed by atoms with van der Waals surface area (Å²) in [5.41, 5.74) is -0.0149. The van der Waals surface area contributed by atoms with Crippen molar-refractivity contribution in [2.24, 2.45) is 0 Å². The molecule has 1 heterocycles. The van der Waals surface area contributed by atoms with Crippen molar-refractivity contribution in [2.45, 2.75) is 0 Å². The van der Waals surface area contributed by atoms with E-state index in [0.717, 1.165) is 6.07 Å². The predicted molar refractivity (Wildman–Crippen MR) is 81.4 cm³/mol. The molecule has 0 aromatic heterocycles. The zero-order valence-electron chi connectivity index (χ0n) is 12.1. The fourth-order valence-corrected chi connectivity index (χ4v) is 2.39. The molecule has 0 saturated heterocycles. The van der Waals surface area contributed by atoms with Gasteiger partial charge in [0.15, 0.2) is 5.76 Å². The highest BCUT2D eigenvalue weighted by atomic mass is 19.1. The van der Waals surface area contributed by atoms with Gasteiger partial charge in [0, 0.05) is 0 Å². The van der Waals surface area contributed by atoms with Crippen LogP contribution in [-0.2, 0) is 9.59 Å². The van der Waals surface area contributed by atoms with E-state index in [0.29, 0.717) is 16.2 Å². The number of aliphatic hydroxyl groups excluding tert-OH is 1. The Morgan fingerprint density at radius 1 is 1.00 bits per heavy atom. The summed E-state index contributed by atoms with van der Waals surface area (Å²) >= 11 is 0. The van der Waals surface area contributed by atoms with Gasteiger partial charge in [0.25, 0.3) is 5.91 Å². The van der Waals surface area contributed by atoms with Crippen LogP contribution >= 0.6 is 0 Å². The molecule has 23 heavy (non-hydrogen) atoms. The average molecular weight is 313 g/mol. The number of amides is 2. The number of carbonyl (C=O) groups is 2. The van der Waals surface area contributed by atoms with Gasteiger partial charge in [-0.2, -0.15) is 0 Å². The smallest absolute Gasteiger partial charge is 0.301 e. The molecule has 5 nitrogen and oxygen atoms in total. The minimum atomic E-state index is -0.953. The van der Waals surface area contributed by atoms with Gasteiger partial charge in [-0.25, -0.2) is 9.29 Å². The molecule has 6 heteroatoms. The second kappa shape index (κ2) is 5.57. The van der Waals surface area contributed by atoms with Crippen molar-refractivity contribution in [3.05, 3.63) is 65.7 Å². The van der Waals surface area contributed by atoms with Gasteiger partial charge in [0.05, 0.1) is 18.4 Å². The van der Waals surface area contributed by atoms with E-state index in [4.69, 9.17) is 4.74 Å². The third-order valence-corrected chi connectivity index (χ3v) is 3.53. The van der Waals surface area contributed by atoms with Gasteiger partial charge in [-0.1, -0.05) is 24.3 Å². The minimum absolute atomic E-state index is 0.166. The molecule has 2 amide bonds. The van der Waals surface area contributed by atoms with Crippen LogP contribution in [0.25, 0.3) is 5.57 Å². The first kappa shape index (κ1) is 14.8. The minimum Gasteiger partial charge on any atom is -0.502 e. The summed E-state index contributed by atoms with van der Waals surface area (Å²) in [7, 11) is 1.50. The van der Waals surface area contributed by atoms with Crippen molar-refractivity contribution >= 4 is 23.1 Å². The summed E-state index contributed by atoms with van der Waals surface area (Å²) in [6.07, 6.45) is 0. The molecule has 116 valence electrons. The molecule has 1 aliphatic heterocycles. The zero-order valence-corrected chi connectivity index (χ0v) is 12.1. The predicted octanol–water partition coefficient (Wildman–Crippen LogP) is 2.68. The third kappa shape index (κ3) is 2.34. The van der Waals surface area contributed by atoms with Crippen LogP contribution in [0.1, 0.15) is 5.56 Å². The maximum absolute atomic E-state index is 13.9. The number of aliphatic hydroxyl groups is 1. The van der Waals surface area contributed by atoms with Gasteiger partial charge < -0.3 is 9.84 Å². The average Bonchev–Trinajstić information content (AvgIpc) is 2.78. The van der Waals surface area contributed by atoms with Crippen molar-refractivity contribution in [1.82, 2.24) is 0 Å². The van der Waals surface area contributed by atoms with E-state index >= 15 is 0 Å². The Morgan fingerprint density at radius 3 is 2.26 bits per heavy atom. The van der Waals surface area contributed by atoms with Crippen LogP contribution < -0.4 is 9.64 Å². The largest absolute Gasteiger partial charge is 0.502 e. The normalized spacial score (nSPS) is 14.6. The number of methoxy groups -OCH3 is 1. The van der Waals surface area contributed by atoms with Crippen molar-refractivity contribution in [3.63, 3.8) is 0 Å². The molecular formula is C17H12FNO4. The maximum Gasteiger partial charge on any atom is 0.301 e. The lowest BCUT2D eigenvalue weighted by atomic mass is 10.1. The van der Waals surface area contributed by atoms with E-state index in [-0.39, 0.29) is 11.3 Å². The molecular weight excluding hydrogens is 301 g/mol. The summed E-state index contributed by atoms with van der Waals surface area (Å²) in [4.78, 5) is 25.3. The summed E-state index contributed by atoms with van der Waals surface area (Å²) < 4.78 is 18.9. The molecule has 0 aliphatic carbocycles. The summed E-state index contributed by atoms with van der Waals surface area (Å²) in [5.74, 6) is -2.59. The molecule has 0 bridgehead atoms. The van der Waals surface area contributed by atoms with Gasteiger partial charge in [-0.3, -0.25) is 9.59 Å². The van der Waals surface area contributed by atoms with Crippen LogP contribution in [0.15, 0.2) is 54.3 Å². The molecule has 0 saturated carbocycles. The quantitative estimate of drug-likeness (QED) is 0.885. The second-order valence-corrected chi connectivity index (χ2v) is 4.85. The van der Waals surface area contributed by atoms with E-state index in [1.54, 1.807) is 24.3 Å². The Bertz CT molecular complexity index is 827. The van der Waals surface area contributed by atoms with Gasteiger partial charge in [0.2, 0.25) is 0 Å². The van der Waals surface area contributed by atoms with Gasteiger partial charge in [-0.15, -0.1) is 0 Å². The van der Waals surface area contributed by atoms with Crippen LogP contribution in [0.4, 0.5) is 10.1 Å². The fourth-order valence-electron chi connectivity index (χ4n) is 2.39. The number of hydrogen-bond acceptors (Lipinski definition) is 4. The standard InChI is InChI=1S/C17H12FNO4/c1-23-11-8-6-10(7-9-11)14-15(20)17(22)19(16(14)21)13-5-3-2-4-12(13)18/h2-9,20H,1H3. The monoisotopic (exact) mass is 313 g/mol. The number of rotatable bonds is 3. The summed E-state index contributed by atoms with van der Waals surface area (Å²) in [6, 6.07) is 11.7. The van der Waals surface area contributed by atoms with Crippen molar-refractivity contribution < 1.29 is 23.8 Å². The molecule has 0 radical (unpaired) electrons. The summed E-state index contributed by atoms with van der Waals surface area (Å²) in [6.45, 7) is 0. The highest BCUT2D eigenvalue weighted by Crippen LogP contribution is 2.33. The van der Waals surface area contributed by atoms with E-state index in [1.165, 1.54) is 25.3 Å². The van der Waals surface area contributed by atoms with Gasteiger partial charge in [-0.05, 0) is 29.8 Å². The first-order chi connectivity index (χ1) is 11.0. The van der Waals surface area contributed by atoms with E-state index in [2.05, 4.69) is 0 Å². The van der Waals surface area contributed by atoms with Crippen molar-refractivity contribution in [2.75, 3.05) is 12.0 Å². The first-order valence-corrected chi connectivity index (χ1v) is 6.75. The fraction of sp³-hybridized carbons (Fsp3) is 0.0588. The summed E-state index contributed by atoms with van der Waals surface area (Å²) in [5, 5.41) is 10.0. The number of imide groups is 1. The Hall–Kier alpha value is -3.15. The molecule has 1 aliphatic rings.